The molecule has 1 atom stereocenters. The number of carbonyl (C=O) groups is 1. The van der Waals surface area contributed by atoms with E-state index >= 15 is 0 Å². The quantitative estimate of drug-likeness (QED) is 0.811. The zero-order chi connectivity index (χ0) is 14.1. The molecule has 1 fully saturated rings. The van der Waals surface area contributed by atoms with Gasteiger partial charge in [0.1, 0.15) is 11.1 Å². The first-order chi connectivity index (χ1) is 9.65. The van der Waals surface area contributed by atoms with Gasteiger partial charge in [-0.1, -0.05) is 29.5 Å². The fraction of sp³-hybridized carbons (Fsp3) is 0.357. The van der Waals surface area contributed by atoms with Crippen LogP contribution in [0.25, 0.3) is 5.69 Å². The van der Waals surface area contributed by atoms with E-state index in [4.69, 9.17) is 4.74 Å². The van der Waals surface area contributed by atoms with Gasteiger partial charge in [-0.2, -0.15) is 0 Å². The molecule has 0 aliphatic carbocycles. The fourth-order valence-corrected chi connectivity index (χ4v) is 3.19. The molecular weight excluding hydrogens is 274 g/mol. The van der Waals surface area contributed by atoms with Crippen LogP contribution in [0.1, 0.15) is 17.8 Å². The summed E-state index contributed by atoms with van der Waals surface area (Å²) in [6, 6.07) is 8.16. The van der Waals surface area contributed by atoms with Gasteiger partial charge < -0.3 is 4.74 Å². The van der Waals surface area contributed by atoms with E-state index in [1.807, 2.05) is 42.7 Å². The zero-order valence-corrected chi connectivity index (χ0v) is 12.2. The lowest BCUT2D eigenvalue weighted by Gasteiger charge is -2.10. The molecule has 0 radical (unpaired) electrons. The zero-order valence-electron chi connectivity index (χ0n) is 11.4. The molecule has 1 aliphatic heterocycles. The monoisotopic (exact) mass is 289 g/mol. The van der Waals surface area contributed by atoms with E-state index in [1.165, 1.54) is 17.3 Å². The number of aryl methyl sites for hydroxylation is 2. The molecule has 0 N–H and O–H groups in total. The summed E-state index contributed by atoms with van der Waals surface area (Å²) in [6.07, 6.45) is 0.726. The number of ether oxygens (including phenoxy) is 1. The predicted molar refractivity (Wildman–Crippen MR) is 76.1 cm³/mol. The van der Waals surface area contributed by atoms with Crippen LogP contribution in [0, 0.1) is 13.8 Å². The van der Waals surface area contributed by atoms with E-state index in [0.717, 1.165) is 23.1 Å². The van der Waals surface area contributed by atoms with Gasteiger partial charge in [-0.15, -0.1) is 10.2 Å². The van der Waals surface area contributed by atoms with Crippen LogP contribution in [-0.4, -0.2) is 32.6 Å². The second-order valence-electron chi connectivity index (χ2n) is 4.76. The summed E-state index contributed by atoms with van der Waals surface area (Å²) >= 11 is 1.42. The van der Waals surface area contributed by atoms with Crippen molar-refractivity contribution >= 4 is 17.7 Å². The van der Waals surface area contributed by atoms with Gasteiger partial charge in [0, 0.05) is 12.1 Å². The number of cyclic esters (lactones) is 1. The first kappa shape index (κ1) is 13.2. The number of thioether (sulfide) groups is 1. The number of rotatable bonds is 3. The Balaban J connectivity index is 1.93. The molecule has 1 aliphatic rings. The van der Waals surface area contributed by atoms with Crippen LogP contribution in [0.3, 0.4) is 0 Å². The van der Waals surface area contributed by atoms with E-state index in [9.17, 15) is 4.79 Å². The van der Waals surface area contributed by atoms with Crippen LogP contribution in [0.5, 0.6) is 0 Å². The maximum absolute atomic E-state index is 11.6. The van der Waals surface area contributed by atoms with Gasteiger partial charge in [0.2, 0.25) is 0 Å². The minimum Gasteiger partial charge on any atom is -0.465 e. The van der Waals surface area contributed by atoms with Crippen LogP contribution in [0.2, 0.25) is 0 Å². The standard InChI is InChI=1S/C14H15N3O2S/c1-9-3-5-11(6-4-9)17-10(2)15-16-14(17)20-12-7-8-19-13(12)18/h3-6,12H,7-8H2,1-2H3/t12-/m0/s1. The van der Waals surface area contributed by atoms with Crippen molar-refractivity contribution in [2.75, 3.05) is 6.61 Å². The summed E-state index contributed by atoms with van der Waals surface area (Å²) in [5.41, 5.74) is 2.21. The molecule has 2 heterocycles. The second kappa shape index (κ2) is 5.28. The molecule has 1 aromatic carbocycles. The molecule has 3 rings (SSSR count). The SMILES string of the molecule is Cc1ccc(-n2c(C)nnc2S[C@H]2CCOC2=O)cc1. The summed E-state index contributed by atoms with van der Waals surface area (Å²) in [6.45, 7) is 4.45. The highest BCUT2D eigenvalue weighted by Crippen LogP contribution is 2.30. The Morgan fingerprint density at radius 1 is 1.25 bits per heavy atom. The van der Waals surface area contributed by atoms with Gasteiger partial charge in [-0.05, 0) is 26.0 Å². The molecule has 0 amide bonds. The second-order valence-corrected chi connectivity index (χ2v) is 5.93. The van der Waals surface area contributed by atoms with E-state index < -0.39 is 0 Å². The minimum atomic E-state index is -0.178. The van der Waals surface area contributed by atoms with Crippen molar-refractivity contribution in [3.63, 3.8) is 0 Å². The Labute approximate surface area is 121 Å². The third kappa shape index (κ3) is 2.43. The average molecular weight is 289 g/mol. The number of nitrogens with zero attached hydrogens (tertiary/aromatic N) is 3. The maximum Gasteiger partial charge on any atom is 0.319 e. The van der Waals surface area contributed by atoms with Crippen LogP contribution in [0.4, 0.5) is 0 Å². The predicted octanol–water partition coefficient (Wildman–Crippen LogP) is 2.29. The lowest BCUT2D eigenvalue weighted by molar-refractivity contribution is -0.137. The van der Waals surface area contributed by atoms with Crippen molar-refractivity contribution < 1.29 is 9.53 Å². The maximum atomic E-state index is 11.6. The van der Waals surface area contributed by atoms with E-state index in [0.29, 0.717) is 6.61 Å². The molecule has 5 nitrogen and oxygen atoms in total. The van der Waals surface area contributed by atoms with Crippen LogP contribution < -0.4 is 0 Å². The molecule has 20 heavy (non-hydrogen) atoms. The van der Waals surface area contributed by atoms with Gasteiger partial charge in [0.05, 0.1) is 6.61 Å². The Kier molecular flexibility index (Phi) is 3.48. The Bertz CT molecular complexity index is 636. The molecule has 1 aromatic heterocycles. The number of hydrogen-bond acceptors (Lipinski definition) is 5. The summed E-state index contributed by atoms with van der Waals surface area (Å²) in [5.74, 6) is 0.647. The Morgan fingerprint density at radius 3 is 2.65 bits per heavy atom. The smallest absolute Gasteiger partial charge is 0.319 e. The Morgan fingerprint density at radius 2 is 2.00 bits per heavy atom. The van der Waals surface area contributed by atoms with Crippen molar-refractivity contribution in [1.29, 1.82) is 0 Å². The summed E-state index contributed by atoms with van der Waals surface area (Å²) < 4.78 is 6.96. The lowest BCUT2D eigenvalue weighted by atomic mass is 10.2. The van der Waals surface area contributed by atoms with Gasteiger partial charge in [-0.3, -0.25) is 9.36 Å². The van der Waals surface area contributed by atoms with Crippen molar-refractivity contribution in [3.05, 3.63) is 35.7 Å². The molecule has 0 saturated carbocycles. The first-order valence-electron chi connectivity index (χ1n) is 6.47. The number of hydrogen-bond donors (Lipinski definition) is 0. The highest BCUT2D eigenvalue weighted by Gasteiger charge is 2.29. The normalized spacial score (nSPS) is 18.3. The van der Waals surface area contributed by atoms with E-state index in [-0.39, 0.29) is 11.2 Å². The van der Waals surface area contributed by atoms with Gasteiger partial charge in [-0.25, -0.2) is 0 Å². The Hall–Kier alpha value is -1.82. The van der Waals surface area contributed by atoms with Gasteiger partial charge in [0.25, 0.3) is 0 Å². The minimum absolute atomic E-state index is 0.161. The van der Waals surface area contributed by atoms with Gasteiger partial charge >= 0.3 is 5.97 Å². The molecule has 2 aromatic rings. The van der Waals surface area contributed by atoms with Crippen LogP contribution >= 0.6 is 11.8 Å². The molecule has 1 saturated heterocycles. The summed E-state index contributed by atoms with van der Waals surface area (Å²) in [4.78, 5) is 11.6. The molecular formula is C14H15N3O2S. The number of carbonyl (C=O) groups excluding carboxylic acids is 1. The first-order valence-corrected chi connectivity index (χ1v) is 7.35. The highest BCUT2D eigenvalue weighted by atomic mass is 32.2. The molecule has 0 bridgehead atoms. The largest absolute Gasteiger partial charge is 0.465 e. The fourth-order valence-electron chi connectivity index (χ4n) is 2.12. The molecule has 0 spiro atoms. The molecule has 0 unspecified atom stereocenters. The van der Waals surface area contributed by atoms with Crippen LogP contribution in [0.15, 0.2) is 29.4 Å². The third-order valence-corrected chi connectivity index (χ3v) is 4.41. The van der Waals surface area contributed by atoms with Gasteiger partial charge in [0.15, 0.2) is 5.16 Å². The molecule has 104 valence electrons. The van der Waals surface area contributed by atoms with E-state index in [1.54, 1.807) is 0 Å². The summed E-state index contributed by atoms with van der Waals surface area (Å²) in [5, 5.41) is 8.86. The van der Waals surface area contributed by atoms with Crippen molar-refractivity contribution in [2.24, 2.45) is 0 Å². The highest BCUT2D eigenvalue weighted by molar-refractivity contribution is 8.00. The van der Waals surface area contributed by atoms with Crippen LogP contribution in [-0.2, 0) is 9.53 Å². The van der Waals surface area contributed by atoms with Crippen molar-refractivity contribution in [2.45, 2.75) is 30.7 Å². The van der Waals surface area contributed by atoms with E-state index in [2.05, 4.69) is 10.2 Å². The topological polar surface area (TPSA) is 57.0 Å². The molecule has 6 heteroatoms. The number of benzene rings is 1. The van der Waals surface area contributed by atoms with Crippen molar-refractivity contribution in [3.8, 4) is 5.69 Å². The number of aromatic nitrogens is 3. The summed E-state index contributed by atoms with van der Waals surface area (Å²) in [7, 11) is 0. The van der Waals surface area contributed by atoms with Crippen molar-refractivity contribution in [1.82, 2.24) is 14.8 Å². The third-order valence-electron chi connectivity index (χ3n) is 3.22. The number of esters is 1. The lowest BCUT2D eigenvalue weighted by Crippen LogP contribution is -2.11. The average Bonchev–Trinajstić information content (AvgIpc) is 2.99.